The van der Waals surface area contributed by atoms with Crippen LogP contribution in [0, 0.1) is 5.41 Å². The molecule has 0 aliphatic carbocycles. The van der Waals surface area contributed by atoms with E-state index in [4.69, 9.17) is 9.72 Å². The number of ether oxygens (including phenoxy) is 1. The number of carbonyl (C=O) groups is 1. The van der Waals surface area contributed by atoms with Crippen molar-refractivity contribution in [2.75, 3.05) is 23.8 Å². The Labute approximate surface area is 237 Å². The molecule has 8 heteroatoms. The van der Waals surface area contributed by atoms with Crippen LogP contribution in [0.1, 0.15) is 73.4 Å². The zero-order valence-corrected chi connectivity index (χ0v) is 25.2. The second-order valence-corrected chi connectivity index (χ2v) is 13.3. The van der Waals surface area contributed by atoms with Crippen LogP contribution in [-0.2, 0) is 20.4 Å². The molecule has 4 aromatic rings. The van der Waals surface area contributed by atoms with E-state index < -0.39 is 5.41 Å². The summed E-state index contributed by atoms with van der Waals surface area (Å²) in [6, 6.07) is 12.5. The largest absolute Gasteiger partial charge is 0.378 e. The average molecular weight is 543 g/mol. The van der Waals surface area contributed by atoms with Gasteiger partial charge in [0, 0.05) is 40.0 Å². The molecule has 4 rings (SSSR count). The van der Waals surface area contributed by atoms with E-state index in [0.29, 0.717) is 25.1 Å². The number of benzene rings is 2. The number of aromatic nitrogens is 4. The molecule has 2 aromatic heterocycles. The van der Waals surface area contributed by atoms with Crippen LogP contribution >= 0.6 is 0 Å². The molecule has 0 spiro atoms. The third kappa shape index (κ3) is 7.10. The summed E-state index contributed by atoms with van der Waals surface area (Å²) in [6.45, 7) is 19.6. The summed E-state index contributed by atoms with van der Waals surface area (Å²) in [6.07, 6.45) is 3.63. The molecule has 1 atom stereocenters. The van der Waals surface area contributed by atoms with Crippen molar-refractivity contribution in [1.82, 2.24) is 19.9 Å². The Kier molecular flexibility index (Phi) is 8.13. The summed E-state index contributed by atoms with van der Waals surface area (Å²) >= 11 is 0. The molecule has 0 fully saturated rings. The number of hydrogen-bond donors (Lipinski definition) is 2. The zero-order valence-electron chi connectivity index (χ0n) is 25.2. The van der Waals surface area contributed by atoms with Crippen molar-refractivity contribution in [1.29, 1.82) is 0 Å². The lowest BCUT2D eigenvalue weighted by atomic mass is 9.85. The van der Waals surface area contributed by atoms with Gasteiger partial charge in [-0.2, -0.15) is 0 Å². The molecule has 1 amide bonds. The van der Waals surface area contributed by atoms with Gasteiger partial charge in [0.05, 0.1) is 24.2 Å². The van der Waals surface area contributed by atoms with Gasteiger partial charge in [-0.25, -0.2) is 19.9 Å². The summed E-state index contributed by atoms with van der Waals surface area (Å²) in [5, 5.41) is 8.11. The molecule has 0 saturated heterocycles. The Hall–Kier alpha value is -3.65. The molecular weight excluding hydrogens is 500 g/mol. The second-order valence-electron chi connectivity index (χ2n) is 13.3. The predicted molar refractivity (Wildman–Crippen MR) is 163 cm³/mol. The fourth-order valence-corrected chi connectivity index (χ4v) is 4.21. The molecule has 40 heavy (non-hydrogen) atoms. The van der Waals surface area contributed by atoms with Gasteiger partial charge < -0.3 is 10.1 Å². The number of fused-ring (bicyclic) bond motifs is 2. The van der Waals surface area contributed by atoms with Crippen molar-refractivity contribution in [3.8, 4) is 0 Å². The molecule has 2 heterocycles. The Morgan fingerprint density at radius 1 is 0.825 bits per heavy atom. The highest BCUT2D eigenvalue weighted by molar-refractivity contribution is 5.93. The monoisotopic (exact) mass is 542 g/mol. The van der Waals surface area contributed by atoms with Crippen LogP contribution in [0.5, 0.6) is 0 Å². The van der Waals surface area contributed by atoms with Crippen molar-refractivity contribution in [3.05, 3.63) is 59.9 Å². The minimum absolute atomic E-state index is 0.0360. The van der Waals surface area contributed by atoms with Gasteiger partial charge in [-0.1, -0.05) is 67.5 Å². The van der Waals surface area contributed by atoms with E-state index in [1.807, 2.05) is 33.0 Å². The molecule has 2 N–H and O–H groups in total. The number of nitrogens with one attached hydrogen (secondary N) is 2. The van der Waals surface area contributed by atoms with Crippen LogP contribution in [0.25, 0.3) is 21.8 Å². The van der Waals surface area contributed by atoms with Crippen molar-refractivity contribution in [2.45, 2.75) is 79.2 Å². The van der Waals surface area contributed by atoms with Crippen LogP contribution in [-0.4, -0.2) is 45.1 Å². The van der Waals surface area contributed by atoms with E-state index in [1.54, 1.807) is 6.20 Å². The number of rotatable bonds is 8. The molecular formula is C32H42N6O2. The van der Waals surface area contributed by atoms with Crippen molar-refractivity contribution >= 4 is 39.6 Å². The van der Waals surface area contributed by atoms with Gasteiger partial charge in [-0.05, 0) is 47.7 Å². The van der Waals surface area contributed by atoms with Crippen LogP contribution in [0.4, 0.5) is 11.9 Å². The first-order valence-electron chi connectivity index (χ1n) is 13.8. The molecule has 0 aliphatic rings. The van der Waals surface area contributed by atoms with Crippen LogP contribution < -0.4 is 10.6 Å². The number of hydrogen-bond acceptors (Lipinski definition) is 7. The minimum atomic E-state index is -0.516. The standard InChI is InChI=1S/C32H42N6O2/c1-20(35-28-33-16-21-14-23(30(2,3)4)10-12-25(21)36-28)18-40-19-32(8,9)24-11-13-26-22(15-24)17-34-29(37-26)38-27(39)31(5,6)7/h10-17,20H,18-19H2,1-9H3,(H,33,35,36)(H,34,37,38,39)/t20-/m1/s1. The highest BCUT2D eigenvalue weighted by Crippen LogP contribution is 2.28. The van der Waals surface area contributed by atoms with Gasteiger partial charge in [0.1, 0.15) is 0 Å². The Balaban J connectivity index is 1.34. The van der Waals surface area contributed by atoms with Crippen LogP contribution in [0.15, 0.2) is 48.8 Å². The highest BCUT2D eigenvalue weighted by Gasteiger charge is 2.24. The molecule has 2 aromatic carbocycles. The SMILES string of the molecule is C[C@H](COCC(C)(C)c1ccc2nc(NC(=O)C(C)(C)C)ncc2c1)Nc1ncc2cc(C(C)(C)C)ccc2n1. The molecule has 0 unspecified atom stereocenters. The van der Waals surface area contributed by atoms with Crippen molar-refractivity contribution in [3.63, 3.8) is 0 Å². The Morgan fingerprint density at radius 3 is 1.98 bits per heavy atom. The van der Waals surface area contributed by atoms with Gasteiger partial charge in [0.2, 0.25) is 17.8 Å². The van der Waals surface area contributed by atoms with Gasteiger partial charge >= 0.3 is 0 Å². The number of amides is 1. The maximum Gasteiger partial charge on any atom is 0.232 e. The number of nitrogens with zero attached hydrogens (tertiary/aromatic N) is 4. The molecule has 0 saturated carbocycles. The molecule has 0 radical (unpaired) electrons. The van der Waals surface area contributed by atoms with Gasteiger partial charge in [0.15, 0.2) is 0 Å². The summed E-state index contributed by atoms with van der Waals surface area (Å²) in [5.41, 5.74) is 3.44. The topological polar surface area (TPSA) is 102 Å². The van der Waals surface area contributed by atoms with E-state index in [2.05, 4.69) is 97.5 Å². The van der Waals surface area contributed by atoms with E-state index in [0.717, 1.165) is 27.4 Å². The van der Waals surface area contributed by atoms with E-state index in [-0.39, 0.29) is 22.8 Å². The minimum Gasteiger partial charge on any atom is -0.378 e. The van der Waals surface area contributed by atoms with E-state index in [1.165, 1.54) is 5.56 Å². The summed E-state index contributed by atoms with van der Waals surface area (Å²) in [4.78, 5) is 30.4. The lowest BCUT2D eigenvalue weighted by Crippen LogP contribution is -2.29. The fraction of sp³-hybridized carbons (Fsp3) is 0.469. The predicted octanol–water partition coefficient (Wildman–Crippen LogP) is 6.65. The van der Waals surface area contributed by atoms with E-state index >= 15 is 0 Å². The number of carbonyl (C=O) groups excluding carboxylic acids is 1. The van der Waals surface area contributed by atoms with Crippen LogP contribution in [0.3, 0.4) is 0 Å². The Bertz CT molecular complexity index is 1520. The third-order valence-corrected chi connectivity index (χ3v) is 6.92. The number of anilines is 2. The van der Waals surface area contributed by atoms with Crippen LogP contribution in [0.2, 0.25) is 0 Å². The first-order valence-corrected chi connectivity index (χ1v) is 13.8. The molecule has 8 nitrogen and oxygen atoms in total. The fourth-order valence-electron chi connectivity index (χ4n) is 4.21. The lowest BCUT2D eigenvalue weighted by Gasteiger charge is -2.26. The van der Waals surface area contributed by atoms with E-state index in [9.17, 15) is 4.79 Å². The second kappa shape index (κ2) is 11.1. The zero-order chi connectivity index (χ0) is 29.3. The smallest absolute Gasteiger partial charge is 0.232 e. The lowest BCUT2D eigenvalue weighted by molar-refractivity contribution is -0.123. The van der Waals surface area contributed by atoms with Crippen molar-refractivity contribution in [2.24, 2.45) is 5.41 Å². The molecule has 0 bridgehead atoms. The maximum absolute atomic E-state index is 12.3. The normalized spacial score (nSPS) is 13.4. The first-order chi connectivity index (χ1) is 18.6. The first kappa shape index (κ1) is 29.3. The third-order valence-electron chi connectivity index (χ3n) is 6.92. The van der Waals surface area contributed by atoms with Gasteiger partial charge in [0.25, 0.3) is 0 Å². The quantitative estimate of drug-likeness (QED) is 0.257. The summed E-state index contributed by atoms with van der Waals surface area (Å²) in [7, 11) is 0. The van der Waals surface area contributed by atoms with Gasteiger partial charge in [-0.15, -0.1) is 0 Å². The van der Waals surface area contributed by atoms with Gasteiger partial charge in [-0.3, -0.25) is 10.1 Å². The average Bonchev–Trinajstić information content (AvgIpc) is 2.86. The maximum atomic E-state index is 12.3. The molecule has 0 aliphatic heterocycles. The summed E-state index contributed by atoms with van der Waals surface area (Å²) in [5.74, 6) is 0.792. The van der Waals surface area contributed by atoms with Crippen molar-refractivity contribution < 1.29 is 9.53 Å². The summed E-state index contributed by atoms with van der Waals surface area (Å²) < 4.78 is 6.14. The highest BCUT2D eigenvalue weighted by atomic mass is 16.5. The Morgan fingerprint density at radius 2 is 1.38 bits per heavy atom. The molecule has 212 valence electrons.